The van der Waals surface area contributed by atoms with Gasteiger partial charge in [-0.3, -0.25) is 9.59 Å². The summed E-state index contributed by atoms with van der Waals surface area (Å²) >= 11 is 0. The minimum Gasteiger partial charge on any atom is -0.454 e. The Balaban J connectivity index is 2.62. The maximum Gasteiger partial charge on any atom is 0.306 e. The summed E-state index contributed by atoms with van der Waals surface area (Å²) in [5, 5.41) is 56.9. The normalized spacial score (nSPS) is 19.4. The molecule has 0 aromatic heterocycles. The van der Waals surface area contributed by atoms with Crippen molar-refractivity contribution >= 4 is 11.9 Å². The van der Waals surface area contributed by atoms with E-state index in [2.05, 4.69) is 135 Å². The molecule has 1 rings (SSSR count). The first-order valence-corrected chi connectivity index (χ1v) is 33.0. The molecular formula is C72H119NO10. The molecule has 83 heavy (non-hydrogen) atoms. The number of allylic oxidation sites excluding steroid dienone is 21. The van der Waals surface area contributed by atoms with E-state index in [1.807, 2.05) is 18.2 Å². The average Bonchev–Trinajstić information content (AvgIpc) is 3.68. The lowest BCUT2D eigenvalue weighted by molar-refractivity contribution is -0.305. The van der Waals surface area contributed by atoms with E-state index in [1.54, 1.807) is 6.08 Å². The number of nitrogens with one attached hydrogen (secondary N) is 1. The molecule has 0 saturated carbocycles. The number of unbranched alkanes of at least 4 members (excludes halogenated alkanes) is 20. The summed E-state index contributed by atoms with van der Waals surface area (Å²) in [5.74, 6) is -1.27. The van der Waals surface area contributed by atoms with E-state index >= 15 is 0 Å². The van der Waals surface area contributed by atoms with Gasteiger partial charge in [0.2, 0.25) is 5.91 Å². The second-order valence-electron chi connectivity index (χ2n) is 22.1. The van der Waals surface area contributed by atoms with E-state index in [4.69, 9.17) is 14.2 Å². The Hall–Kier alpha value is -4.20. The molecule has 0 radical (unpaired) electrons. The molecule has 6 N–H and O–H groups in total. The highest BCUT2D eigenvalue weighted by atomic mass is 16.7. The van der Waals surface area contributed by atoms with Crippen LogP contribution in [0.25, 0.3) is 0 Å². The Labute approximate surface area is 505 Å². The zero-order chi connectivity index (χ0) is 60.3. The molecule has 1 aliphatic rings. The Bertz CT molecular complexity index is 1860. The molecule has 1 fully saturated rings. The highest BCUT2D eigenvalue weighted by molar-refractivity contribution is 5.80. The van der Waals surface area contributed by atoms with Crippen molar-refractivity contribution in [2.45, 2.75) is 294 Å². The van der Waals surface area contributed by atoms with Crippen LogP contribution >= 0.6 is 0 Å². The molecule has 0 spiro atoms. The van der Waals surface area contributed by atoms with Gasteiger partial charge in [-0.25, -0.2) is 0 Å². The van der Waals surface area contributed by atoms with E-state index in [0.717, 1.165) is 122 Å². The van der Waals surface area contributed by atoms with Crippen molar-refractivity contribution in [2.75, 3.05) is 13.2 Å². The zero-order valence-electron chi connectivity index (χ0n) is 52.3. The van der Waals surface area contributed by atoms with Gasteiger partial charge in [-0.2, -0.15) is 0 Å². The monoisotopic (exact) mass is 1160 g/mol. The molecule has 472 valence electrons. The first-order chi connectivity index (χ1) is 40.7. The van der Waals surface area contributed by atoms with Crippen molar-refractivity contribution in [1.29, 1.82) is 0 Å². The molecule has 8 unspecified atom stereocenters. The first kappa shape index (κ1) is 76.8. The van der Waals surface area contributed by atoms with Gasteiger partial charge in [0.25, 0.3) is 0 Å². The standard InChI is InChI=1S/C72H119NO10/c1-4-7-10-13-16-19-22-24-26-28-29-30-31-32-33-34-35-36-37-38-40-42-45-48-51-54-57-60-67(77)83-70-69(79)68(78)66(61-74)82-72(70)81-62-63(64(75)58-55-52-49-46-43-21-18-15-12-9-6-3)73-71(80)65(76)59-56-53-50-47-44-41-39-27-25-23-20-17-14-11-8-5-2/h7,10,16-17,19-20,24-27,29-30,32-33,35-36,41,44,50,53,55,58,63-66,68-70,72,74-76,78-79H,4-6,8-9,11-15,18,21-23,28,31,34,37-40,42-43,45-49,51-52,54,56-57,59-62H2,1-3H3,(H,73,80)/b10-7-,19-16-,20-17-,26-24-,27-25-,30-29-,33-32-,36-35-,44-41-,53-50-,58-55+. The summed E-state index contributed by atoms with van der Waals surface area (Å²) < 4.78 is 17.6. The number of hydrogen-bond acceptors (Lipinski definition) is 10. The van der Waals surface area contributed by atoms with Gasteiger partial charge in [-0.15, -0.1) is 0 Å². The topological polar surface area (TPSA) is 175 Å². The molecule has 11 nitrogen and oxygen atoms in total. The highest BCUT2D eigenvalue weighted by Crippen LogP contribution is 2.26. The van der Waals surface area contributed by atoms with Crippen LogP contribution < -0.4 is 5.32 Å². The second kappa shape index (κ2) is 58.2. The van der Waals surface area contributed by atoms with Crippen molar-refractivity contribution in [2.24, 2.45) is 0 Å². The number of ether oxygens (including phenoxy) is 3. The third-order valence-electron chi connectivity index (χ3n) is 14.5. The molecule has 0 aromatic carbocycles. The summed E-state index contributed by atoms with van der Waals surface area (Å²) in [7, 11) is 0. The van der Waals surface area contributed by atoms with Crippen LogP contribution in [0.3, 0.4) is 0 Å². The van der Waals surface area contributed by atoms with E-state index in [-0.39, 0.29) is 19.4 Å². The maximum atomic E-state index is 13.4. The lowest BCUT2D eigenvalue weighted by atomic mass is 9.99. The second-order valence-corrected chi connectivity index (χ2v) is 22.1. The van der Waals surface area contributed by atoms with Gasteiger partial charge in [-0.05, 0) is 116 Å². The Morgan fingerprint density at radius 1 is 0.482 bits per heavy atom. The summed E-state index contributed by atoms with van der Waals surface area (Å²) in [5.41, 5.74) is 0. The first-order valence-electron chi connectivity index (χ1n) is 33.0. The third kappa shape index (κ3) is 45.8. The van der Waals surface area contributed by atoms with Crippen LogP contribution in [0.15, 0.2) is 134 Å². The summed E-state index contributed by atoms with van der Waals surface area (Å²) in [6, 6.07) is -1.06. The van der Waals surface area contributed by atoms with Crippen LogP contribution in [0, 0.1) is 0 Å². The predicted octanol–water partition coefficient (Wildman–Crippen LogP) is 16.4. The van der Waals surface area contributed by atoms with Crippen molar-refractivity contribution in [3.8, 4) is 0 Å². The average molecular weight is 1160 g/mol. The van der Waals surface area contributed by atoms with E-state index < -0.39 is 67.4 Å². The Kier molecular flexibility index (Phi) is 53.9. The van der Waals surface area contributed by atoms with E-state index in [0.29, 0.717) is 12.8 Å². The molecule has 8 atom stereocenters. The van der Waals surface area contributed by atoms with Crippen molar-refractivity contribution in [3.05, 3.63) is 134 Å². The fraction of sp³-hybridized carbons (Fsp3) is 0.667. The number of aliphatic hydroxyl groups excluding tert-OH is 5. The van der Waals surface area contributed by atoms with Gasteiger partial charge >= 0.3 is 5.97 Å². The molecule has 1 aliphatic heterocycles. The number of esters is 1. The molecule has 1 heterocycles. The van der Waals surface area contributed by atoms with Crippen molar-refractivity contribution in [3.63, 3.8) is 0 Å². The third-order valence-corrected chi connectivity index (χ3v) is 14.5. The SMILES string of the molecule is CC/C=C\C/C=C\C/C=C\C/C=C\C/C=C\C/C=C\CCCCCCCCCCC(=O)OC1C(OCC(NC(=O)C(O)CC/C=C\C/C=C\C/C=C\C/C=C\CCCCC)C(O)/C=C/CCCCCCCCCCC)OC(CO)C(O)C1O. The van der Waals surface area contributed by atoms with Crippen molar-refractivity contribution < 1.29 is 49.3 Å². The summed E-state index contributed by atoms with van der Waals surface area (Å²) in [6.07, 6.45) is 72.1. The molecule has 1 amide bonds. The van der Waals surface area contributed by atoms with Crippen LogP contribution in [0.2, 0.25) is 0 Å². The van der Waals surface area contributed by atoms with Gasteiger partial charge in [0.15, 0.2) is 12.4 Å². The Morgan fingerprint density at radius 3 is 1.33 bits per heavy atom. The van der Waals surface area contributed by atoms with Crippen LogP contribution in [0.4, 0.5) is 0 Å². The maximum absolute atomic E-state index is 13.4. The smallest absolute Gasteiger partial charge is 0.306 e. The van der Waals surface area contributed by atoms with Gasteiger partial charge < -0.3 is 45.1 Å². The molecule has 1 saturated heterocycles. The number of aliphatic hydroxyl groups is 5. The molecule has 0 bridgehead atoms. The fourth-order valence-corrected chi connectivity index (χ4v) is 9.35. The molecule has 11 heteroatoms. The van der Waals surface area contributed by atoms with Gasteiger partial charge in [0.1, 0.15) is 24.4 Å². The van der Waals surface area contributed by atoms with Crippen LogP contribution in [0.1, 0.15) is 245 Å². The van der Waals surface area contributed by atoms with Crippen LogP contribution in [-0.4, -0.2) is 99.6 Å². The number of carbonyl (C=O) groups is 2. The lowest BCUT2D eigenvalue weighted by Gasteiger charge is -2.41. The molecule has 0 aromatic rings. The molecular weight excluding hydrogens is 1040 g/mol. The minimum absolute atomic E-state index is 0.0987. The van der Waals surface area contributed by atoms with E-state index in [9.17, 15) is 35.1 Å². The number of amides is 1. The highest BCUT2D eigenvalue weighted by Gasteiger charge is 2.47. The zero-order valence-corrected chi connectivity index (χ0v) is 52.3. The predicted molar refractivity (Wildman–Crippen MR) is 347 cm³/mol. The number of carbonyl (C=O) groups excluding carboxylic acids is 2. The van der Waals surface area contributed by atoms with E-state index in [1.165, 1.54) is 77.0 Å². The van der Waals surface area contributed by atoms with Gasteiger partial charge in [-0.1, -0.05) is 257 Å². The van der Waals surface area contributed by atoms with Crippen LogP contribution in [-0.2, 0) is 23.8 Å². The summed E-state index contributed by atoms with van der Waals surface area (Å²) in [4.78, 5) is 26.6. The van der Waals surface area contributed by atoms with Crippen molar-refractivity contribution in [1.82, 2.24) is 5.32 Å². The number of rotatable bonds is 54. The molecule has 0 aliphatic carbocycles. The van der Waals surface area contributed by atoms with Gasteiger partial charge in [0, 0.05) is 6.42 Å². The largest absolute Gasteiger partial charge is 0.454 e. The Morgan fingerprint density at radius 2 is 0.867 bits per heavy atom. The van der Waals surface area contributed by atoms with Gasteiger partial charge in [0.05, 0.1) is 25.4 Å². The summed E-state index contributed by atoms with van der Waals surface area (Å²) in [6.45, 7) is 5.59. The van der Waals surface area contributed by atoms with Crippen LogP contribution in [0.5, 0.6) is 0 Å². The lowest BCUT2D eigenvalue weighted by Crippen LogP contribution is -2.61. The minimum atomic E-state index is -1.64. The quantitative estimate of drug-likeness (QED) is 0.0195. The fourth-order valence-electron chi connectivity index (χ4n) is 9.35. The number of hydrogen-bond donors (Lipinski definition) is 6.